The molecule has 3 aromatic rings. The van der Waals surface area contributed by atoms with Gasteiger partial charge in [-0.05, 0) is 44.2 Å². The van der Waals surface area contributed by atoms with E-state index in [4.69, 9.17) is 19.2 Å². The van der Waals surface area contributed by atoms with Gasteiger partial charge >= 0.3 is 0 Å². The third-order valence-corrected chi connectivity index (χ3v) is 5.32. The van der Waals surface area contributed by atoms with Crippen LogP contribution < -0.4 is 9.47 Å². The Hall–Kier alpha value is -3.12. The molecule has 5 rings (SSSR count). The van der Waals surface area contributed by atoms with Gasteiger partial charge < -0.3 is 19.1 Å². The lowest BCUT2D eigenvalue weighted by Gasteiger charge is -2.35. The molecular formula is C23H22N2O4. The number of hydrogen-bond acceptors (Lipinski definition) is 5. The molecule has 6 nitrogen and oxygen atoms in total. The first-order valence-corrected chi connectivity index (χ1v) is 9.83. The molecule has 0 saturated carbocycles. The second kappa shape index (κ2) is 7.04. The summed E-state index contributed by atoms with van der Waals surface area (Å²) in [6, 6.07) is 15.4. The van der Waals surface area contributed by atoms with E-state index >= 15 is 0 Å². The van der Waals surface area contributed by atoms with E-state index in [1.807, 2.05) is 67.3 Å². The Balaban J connectivity index is 1.60. The van der Waals surface area contributed by atoms with E-state index in [2.05, 4.69) is 0 Å². The first kappa shape index (κ1) is 17.9. The Kier molecular flexibility index (Phi) is 4.36. The minimum atomic E-state index is 0.00703. The number of fused-ring (bicyclic) bond motifs is 2. The van der Waals surface area contributed by atoms with Gasteiger partial charge in [0.05, 0.1) is 29.0 Å². The molecule has 148 valence electrons. The van der Waals surface area contributed by atoms with E-state index in [1.54, 1.807) is 0 Å². The largest absolute Gasteiger partial charge is 0.454 e. The monoisotopic (exact) mass is 390 g/mol. The molecule has 1 aromatic heterocycles. The first-order chi connectivity index (χ1) is 14.1. The van der Waals surface area contributed by atoms with Gasteiger partial charge in [0.2, 0.25) is 6.79 Å². The van der Waals surface area contributed by atoms with Crippen molar-refractivity contribution in [2.45, 2.75) is 26.1 Å². The molecule has 29 heavy (non-hydrogen) atoms. The summed E-state index contributed by atoms with van der Waals surface area (Å²) < 4.78 is 16.7. The number of carbonyl (C=O) groups excluding carboxylic acids is 1. The third kappa shape index (κ3) is 3.29. The van der Waals surface area contributed by atoms with Crippen molar-refractivity contribution in [1.82, 2.24) is 9.88 Å². The average molecular weight is 390 g/mol. The summed E-state index contributed by atoms with van der Waals surface area (Å²) in [6.07, 6.45) is 0.0354. The van der Waals surface area contributed by atoms with Crippen LogP contribution in [0.1, 0.15) is 24.2 Å². The Bertz CT molecular complexity index is 1090. The van der Waals surface area contributed by atoms with Gasteiger partial charge in [0.15, 0.2) is 11.5 Å². The molecule has 2 aliphatic heterocycles. The quantitative estimate of drug-likeness (QED) is 0.665. The van der Waals surface area contributed by atoms with Crippen LogP contribution in [0.5, 0.6) is 11.5 Å². The lowest BCUT2D eigenvalue weighted by atomic mass is 10.0. The van der Waals surface area contributed by atoms with Crippen molar-refractivity contribution in [3.63, 3.8) is 0 Å². The van der Waals surface area contributed by atoms with Gasteiger partial charge in [-0.2, -0.15) is 0 Å². The van der Waals surface area contributed by atoms with Crippen LogP contribution in [0.25, 0.3) is 22.2 Å². The highest BCUT2D eigenvalue weighted by Crippen LogP contribution is 2.36. The molecule has 6 heteroatoms. The fourth-order valence-electron chi connectivity index (χ4n) is 4.07. The Morgan fingerprint density at radius 2 is 1.76 bits per heavy atom. The van der Waals surface area contributed by atoms with Crippen molar-refractivity contribution in [1.29, 1.82) is 0 Å². The molecule has 3 heterocycles. The van der Waals surface area contributed by atoms with Gasteiger partial charge in [0.25, 0.3) is 5.91 Å². The molecule has 1 fully saturated rings. The zero-order chi connectivity index (χ0) is 20.0. The van der Waals surface area contributed by atoms with Gasteiger partial charge in [-0.3, -0.25) is 4.79 Å². The fraction of sp³-hybridized carbons (Fsp3) is 0.304. The van der Waals surface area contributed by atoms with E-state index in [-0.39, 0.29) is 24.9 Å². The smallest absolute Gasteiger partial charge is 0.254 e. The minimum absolute atomic E-state index is 0.00703. The summed E-state index contributed by atoms with van der Waals surface area (Å²) in [6.45, 7) is 5.39. The maximum Gasteiger partial charge on any atom is 0.254 e. The standard InChI is InChI=1S/C23H22N2O4/c1-14-11-25(12-15(2)29-14)23(26)18-10-20(24-19-6-4-3-5-17(18)19)16-7-8-21-22(9-16)28-13-27-21/h3-10,14-15H,11-13H2,1-2H3/t14-,15+. The lowest BCUT2D eigenvalue weighted by molar-refractivity contribution is -0.0585. The van der Waals surface area contributed by atoms with Gasteiger partial charge in [-0.25, -0.2) is 4.98 Å². The van der Waals surface area contributed by atoms with Gasteiger partial charge in [-0.1, -0.05) is 18.2 Å². The van der Waals surface area contributed by atoms with Crippen molar-refractivity contribution in [3.8, 4) is 22.8 Å². The lowest BCUT2D eigenvalue weighted by Crippen LogP contribution is -2.48. The molecule has 0 aliphatic carbocycles. The maximum absolute atomic E-state index is 13.5. The van der Waals surface area contributed by atoms with E-state index in [1.165, 1.54) is 0 Å². The predicted octanol–water partition coefficient (Wildman–Crippen LogP) is 3.88. The number of nitrogens with zero attached hydrogens (tertiary/aromatic N) is 2. The number of carbonyl (C=O) groups is 1. The molecule has 1 amide bonds. The van der Waals surface area contributed by atoms with Crippen molar-refractivity contribution in [3.05, 3.63) is 54.1 Å². The highest BCUT2D eigenvalue weighted by atomic mass is 16.7. The van der Waals surface area contributed by atoms with Gasteiger partial charge in [0.1, 0.15) is 0 Å². The van der Waals surface area contributed by atoms with Crippen molar-refractivity contribution in [2.24, 2.45) is 0 Å². The number of ether oxygens (including phenoxy) is 3. The van der Waals surface area contributed by atoms with E-state index in [0.717, 1.165) is 27.9 Å². The number of rotatable bonds is 2. The summed E-state index contributed by atoms with van der Waals surface area (Å²) in [5, 5.41) is 0.855. The third-order valence-electron chi connectivity index (χ3n) is 5.32. The summed E-state index contributed by atoms with van der Waals surface area (Å²) in [5.41, 5.74) is 3.07. The van der Waals surface area contributed by atoms with Gasteiger partial charge in [0, 0.05) is 24.0 Å². The highest BCUT2D eigenvalue weighted by molar-refractivity contribution is 6.07. The van der Waals surface area contributed by atoms with Crippen LogP contribution in [0.4, 0.5) is 0 Å². The van der Waals surface area contributed by atoms with Crippen LogP contribution in [-0.2, 0) is 4.74 Å². The number of para-hydroxylation sites is 1. The molecule has 0 bridgehead atoms. The first-order valence-electron chi connectivity index (χ1n) is 9.83. The van der Waals surface area contributed by atoms with Crippen molar-refractivity contribution in [2.75, 3.05) is 19.9 Å². The van der Waals surface area contributed by atoms with Crippen LogP contribution in [0.2, 0.25) is 0 Å². The van der Waals surface area contributed by atoms with E-state index < -0.39 is 0 Å². The van der Waals surface area contributed by atoms with Crippen LogP contribution >= 0.6 is 0 Å². The van der Waals surface area contributed by atoms with Gasteiger partial charge in [-0.15, -0.1) is 0 Å². The van der Waals surface area contributed by atoms with Crippen molar-refractivity contribution >= 4 is 16.8 Å². The molecule has 0 unspecified atom stereocenters. The average Bonchev–Trinajstić information content (AvgIpc) is 3.19. The van der Waals surface area contributed by atoms with Crippen LogP contribution in [0.3, 0.4) is 0 Å². The minimum Gasteiger partial charge on any atom is -0.454 e. The molecule has 2 aliphatic rings. The normalized spacial score (nSPS) is 20.8. The summed E-state index contributed by atoms with van der Waals surface area (Å²) in [5.74, 6) is 1.43. The number of amides is 1. The number of aromatic nitrogens is 1. The van der Waals surface area contributed by atoms with E-state index in [0.29, 0.717) is 24.4 Å². The summed E-state index contributed by atoms with van der Waals surface area (Å²) in [7, 11) is 0. The second-order valence-electron chi connectivity index (χ2n) is 7.61. The highest BCUT2D eigenvalue weighted by Gasteiger charge is 2.28. The predicted molar refractivity (Wildman–Crippen MR) is 109 cm³/mol. The molecule has 1 saturated heterocycles. The van der Waals surface area contributed by atoms with Crippen LogP contribution in [-0.4, -0.2) is 47.9 Å². The second-order valence-corrected chi connectivity index (χ2v) is 7.61. The van der Waals surface area contributed by atoms with Crippen LogP contribution in [0, 0.1) is 0 Å². The zero-order valence-corrected chi connectivity index (χ0v) is 16.4. The molecule has 0 radical (unpaired) electrons. The topological polar surface area (TPSA) is 60.9 Å². The molecule has 0 spiro atoms. The maximum atomic E-state index is 13.5. The number of morpholine rings is 1. The Morgan fingerprint density at radius 1 is 1.00 bits per heavy atom. The summed E-state index contributed by atoms with van der Waals surface area (Å²) >= 11 is 0. The molecule has 2 aromatic carbocycles. The molecular weight excluding hydrogens is 368 g/mol. The SMILES string of the molecule is C[C@@H]1CN(C(=O)c2cc(-c3ccc4c(c3)OCO4)nc3ccccc23)C[C@H](C)O1. The van der Waals surface area contributed by atoms with E-state index in [9.17, 15) is 4.79 Å². The molecule has 0 N–H and O–H groups in total. The summed E-state index contributed by atoms with van der Waals surface area (Å²) in [4.78, 5) is 20.1. The van der Waals surface area contributed by atoms with Crippen LogP contribution in [0.15, 0.2) is 48.5 Å². The number of pyridine rings is 1. The zero-order valence-electron chi connectivity index (χ0n) is 16.4. The fourth-order valence-corrected chi connectivity index (χ4v) is 4.07. The number of hydrogen-bond donors (Lipinski definition) is 0. The molecule has 2 atom stereocenters. The Morgan fingerprint density at radius 3 is 2.59 bits per heavy atom. The Labute approximate surface area is 169 Å². The van der Waals surface area contributed by atoms with Crippen molar-refractivity contribution < 1.29 is 19.0 Å². The number of benzene rings is 2.